The average molecular weight is 780 g/mol. The zero-order valence-electron chi connectivity index (χ0n) is 32.7. The molecule has 1 saturated heterocycles. The van der Waals surface area contributed by atoms with Crippen molar-refractivity contribution >= 4 is 57.7 Å². The van der Waals surface area contributed by atoms with Crippen LogP contribution >= 0.6 is 0 Å². The Morgan fingerprint density at radius 2 is 1.54 bits per heavy atom. The largest absolute Gasteiger partial charge is 0.491 e. The molecular formula is C39H49N13O5. The number of carbonyl (C=O) groups is 4. The molecule has 4 amide bonds. The number of anilines is 2. The molecule has 300 valence electrons. The van der Waals surface area contributed by atoms with Crippen molar-refractivity contribution in [1.29, 1.82) is 0 Å². The van der Waals surface area contributed by atoms with Crippen LogP contribution in [0, 0.1) is 6.92 Å². The van der Waals surface area contributed by atoms with Crippen LogP contribution in [0.3, 0.4) is 0 Å². The molecule has 1 aliphatic heterocycles. The van der Waals surface area contributed by atoms with Gasteiger partial charge in [0.15, 0.2) is 5.65 Å². The minimum absolute atomic E-state index is 0.174. The van der Waals surface area contributed by atoms with E-state index >= 15 is 0 Å². The molecule has 1 fully saturated rings. The van der Waals surface area contributed by atoms with Gasteiger partial charge in [0, 0.05) is 64.1 Å². The minimum atomic E-state index is -0.659. The lowest BCUT2D eigenvalue weighted by atomic mass is 10.1. The summed E-state index contributed by atoms with van der Waals surface area (Å²) in [5.41, 5.74) is 14.5. The molecule has 0 bridgehead atoms. The molecule has 6 rings (SSSR count). The number of piperazine rings is 1. The molecule has 1 aromatic carbocycles. The summed E-state index contributed by atoms with van der Waals surface area (Å²) in [5, 5.41) is 10.1. The fourth-order valence-electron chi connectivity index (χ4n) is 6.58. The maximum Gasteiger partial charge on any atom is 0.276 e. The third kappa shape index (κ3) is 9.53. The smallest absolute Gasteiger partial charge is 0.276 e. The number of nitrogens with one attached hydrogen (secondary N) is 2. The topological polar surface area (TPSA) is 226 Å². The van der Waals surface area contributed by atoms with Crippen molar-refractivity contribution in [3.8, 4) is 5.75 Å². The number of likely N-dealkylation sites (N-methyl/N-ethyl adjacent to an activating group) is 1. The van der Waals surface area contributed by atoms with E-state index in [4.69, 9.17) is 21.2 Å². The van der Waals surface area contributed by atoms with Gasteiger partial charge in [0.25, 0.3) is 5.91 Å². The molecule has 0 unspecified atom stereocenters. The Hall–Kier alpha value is -6.40. The molecule has 1 aliphatic rings. The third-order valence-corrected chi connectivity index (χ3v) is 9.58. The van der Waals surface area contributed by atoms with Crippen LogP contribution in [-0.4, -0.2) is 114 Å². The van der Waals surface area contributed by atoms with E-state index in [9.17, 15) is 19.2 Å². The zero-order chi connectivity index (χ0) is 40.6. The average Bonchev–Trinajstić information content (AvgIpc) is 3.86. The summed E-state index contributed by atoms with van der Waals surface area (Å²) in [7, 11) is 2.12. The van der Waals surface area contributed by atoms with Gasteiger partial charge >= 0.3 is 0 Å². The predicted molar refractivity (Wildman–Crippen MR) is 216 cm³/mol. The lowest BCUT2D eigenvalue weighted by Gasteiger charge is -2.32. The number of allylic oxidation sites excluding steroid dienone is 3. The number of hydrogen-bond donors (Lipinski definition) is 4. The Bertz CT molecular complexity index is 2350. The van der Waals surface area contributed by atoms with Crippen LogP contribution in [0.5, 0.6) is 5.75 Å². The summed E-state index contributed by atoms with van der Waals surface area (Å²) in [4.78, 5) is 69.2. The number of rotatable bonds is 17. The highest BCUT2D eigenvalue weighted by Gasteiger charge is 2.21. The van der Waals surface area contributed by atoms with E-state index in [1.54, 1.807) is 38.1 Å². The van der Waals surface area contributed by atoms with Gasteiger partial charge in [-0.2, -0.15) is 5.10 Å². The molecule has 0 atom stereocenters. The van der Waals surface area contributed by atoms with Gasteiger partial charge in [0.2, 0.25) is 29.6 Å². The Morgan fingerprint density at radius 1 is 0.860 bits per heavy atom. The Labute approximate surface area is 329 Å². The van der Waals surface area contributed by atoms with Crippen molar-refractivity contribution in [2.24, 2.45) is 11.5 Å². The highest BCUT2D eigenvalue weighted by Crippen LogP contribution is 2.31. The lowest BCUT2D eigenvalue weighted by Crippen LogP contribution is -2.44. The number of nitrogens with zero attached hydrogens (tertiary/aromatic N) is 9. The van der Waals surface area contributed by atoms with Crippen molar-refractivity contribution in [2.75, 3.05) is 57.0 Å². The number of amides is 4. The molecule has 0 saturated carbocycles. The van der Waals surface area contributed by atoms with E-state index in [0.717, 1.165) is 39.1 Å². The number of carbonyl (C=O) groups excluding carboxylic acids is 4. The second-order valence-electron chi connectivity index (χ2n) is 13.8. The molecule has 5 aromatic rings. The third-order valence-electron chi connectivity index (χ3n) is 9.58. The van der Waals surface area contributed by atoms with E-state index in [0.29, 0.717) is 58.9 Å². The van der Waals surface area contributed by atoms with Crippen molar-refractivity contribution in [3.05, 3.63) is 77.3 Å². The van der Waals surface area contributed by atoms with E-state index in [2.05, 4.69) is 42.5 Å². The van der Waals surface area contributed by atoms with Gasteiger partial charge < -0.3 is 30.6 Å². The molecule has 18 heteroatoms. The molecule has 57 heavy (non-hydrogen) atoms. The van der Waals surface area contributed by atoms with E-state index in [-0.39, 0.29) is 42.0 Å². The predicted octanol–water partition coefficient (Wildman–Crippen LogP) is 2.93. The standard InChI is InChI=1S/C39H49N13O5/c1-5-7-11-32(53)45-38-43-28-21-26(34(40)54)23-31(57-19-10-12-49-17-15-48(4)16-18-49)33(28)50(38)13-8-9-14-51-36-29(22-27(24-42-36)35(41)55)44-39(51)46-37(56)30-20-25(3)47-52(30)6-2/h7-9,11,20-24H,5-6,10,12-19H2,1-4H3,(H2,40,54)(H2,41,55)(H,43,45,53)(H,44,46,56)/b9-8+,11-7+. The number of fused-ring (bicyclic) bond motifs is 2. The van der Waals surface area contributed by atoms with Crippen LogP contribution < -0.4 is 26.8 Å². The zero-order valence-corrected chi connectivity index (χ0v) is 32.7. The first-order valence-electron chi connectivity index (χ1n) is 19.0. The molecule has 6 N–H and O–H groups in total. The van der Waals surface area contributed by atoms with Gasteiger partial charge in [-0.3, -0.25) is 39.1 Å². The SMILES string of the molecule is CC/C=C/C(=O)Nc1nc2cc(C(N)=O)cc(OCCCN3CCN(C)CC3)c2n1C/C=C/Cn1c(NC(=O)c2cc(C)nn2CC)nc2cc(C(N)=O)cnc21. The normalized spacial score (nSPS) is 14.0. The highest BCUT2D eigenvalue weighted by molar-refractivity contribution is 6.04. The van der Waals surface area contributed by atoms with Crippen molar-refractivity contribution in [2.45, 2.75) is 53.2 Å². The molecule has 0 spiro atoms. The molecule has 0 radical (unpaired) electrons. The van der Waals surface area contributed by atoms with E-state index in [1.807, 2.05) is 32.9 Å². The number of hydrogen-bond acceptors (Lipinski definition) is 11. The Kier molecular flexibility index (Phi) is 12.7. The van der Waals surface area contributed by atoms with Gasteiger partial charge in [-0.05, 0) is 64.1 Å². The van der Waals surface area contributed by atoms with Crippen LogP contribution in [0.15, 0.2) is 54.8 Å². The maximum atomic E-state index is 13.5. The summed E-state index contributed by atoms with van der Waals surface area (Å²) in [6, 6.07) is 6.40. The Morgan fingerprint density at radius 3 is 2.25 bits per heavy atom. The van der Waals surface area contributed by atoms with Gasteiger partial charge in [0.1, 0.15) is 22.5 Å². The van der Waals surface area contributed by atoms with Crippen LogP contribution in [0.4, 0.5) is 11.9 Å². The Balaban J connectivity index is 1.31. The van der Waals surface area contributed by atoms with Crippen molar-refractivity contribution in [3.63, 3.8) is 0 Å². The fourth-order valence-corrected chi connectivity index (χ4v) is 6.58. The number of ether oxygens (including phenoxy) is 1. The molecule has 4 aromatic heterocycles. The molecular weight excluding hydrogens is 731 g/mol. The summed E-state index contributed by atoms with van der Waals surface area (Å²) < 4.78 is 11.4. The second-order valence-corrected chi connectivity index (χ2v) is 13.8. The van der Waals surface area contributed by atoms with Crippen LogP contribution in [0.1, 0.15) is 63.6 Å². The first kappa shape index (κ1) is 40.3. The summed E-state index contributed by atoms with van der Waals surface area (Å²) >= 11 is 0. The van der Waals surface area contributed by atoms with Crippen molar-refractivity contribution in [1.82, 2.24) is 43.7 Å². The second kappa shape index (κ2) is 18.0. The number of pyridine rings is 1. The van der Waals surface area contributed by atoms with Crippen molar-refractivity contribution < 1.29 is 23.9 Å². The maximum absolute atomic E-state index is 13.5. The number of aryl methyl sites for hydroxylation is 2. The molecule has 18 nitrogen and oxygen atoms in total. The summed E-state index contributed by atoms with van der Waals surface area (Å²) in [6.07, 6.45) is 9.69. The van der Waals surface area contributed by atoms with Gasteiger partial charge in [-0.15, -0.1) is 0 Å². The van der Waals surface area contributed by atoms with Gasteiger partial charge in [0.05, 0.1) is 23.4 Å². The lowest BCUT2D eigenvalue weighted by molar-refractivity contribution is -0.112. The highest BCUT2D eigenvalue weighted by atomic mass is 16.5. The molecule has 5 heterocycles. The molecule has 0 aliphatic carbocycles. The van der Waals surface area contributed by atoms with Crippen LogP contribution in [0.25, 0.3) is 22.2 Å². The fraction of sp³-hybridized carbons (Fsp3) is 0.385. The van der Waals surface area contributed by atoms with E-state index in [1.165, 1.54) is 18.3 Å². The monoisotopic (exact) mass is 779 g/mol. The number of nitrogens with two attached hydrogens (primary N) is 2. The quantitative estimate of drug-likeness (QED) is 0.0610. The van der Waals surface area contributed by atoms with E-state index < -0.39 is 17.7 Å². The van der Waals surface area contributed by atoms with Crippen LogP contribution in [0.2, 0.25) is 0 Å². The van der Waals surface area contributed by atoms with Crippen LogP contribution in [-0.2, 0) is 24.4 Å². The first-order chi connectivity index (χ1) is 27.4. The number of primary amides is 2. The summed E-state index contributed by atoms with van der Waals surface area (Å²) in [6.45, 7) is 11.8. The minimum Gasteiger partial charge on any atom is -0.491 e. The number of imidazole rings is 2. The van der Waals surface area contributed by atoms with Gasteiger partial charge in [-0.25, -0.2) is 15.0 Å². The number of benzene rings is 1. The first-order valence-corrected chi connectivity index (χ1v) is 19.0. The summed E-state index contributed by atoms with van der Waals surface area (Å²) in [5.74, 6) is -1.22. The van der Waals surface area contributed by atoms with Gasteiger partial charge in [-0.1, -0.05) is 25.2 Å². The number of aromatic nitrogens is 7.